The average molecular weight is 241 g/mol. The van der Waals surface area contributed by atoms with Gasteiger partial charge < -0.3 is 15.2 Å². The minimum Gasteiger partial charge on any atom is -0.497 e. The second-order valence-corrected chi connectivity index (χ2v) is 4.52. The minimum atomic E-state index is 0.0384. The summed E-state index contributed by atoms with van der Waals surface area (Å²) in [6.07, 6.45) is 3.04. The van der Waals surface area contributed by atoms with Crippen molar-refractivity contribution in [2.75, 3.05) is 26.2 Å². The van der Waals surface area contributed by atoms with Crippen LogP contribution in [0.5, 0.6) is 11.5 Å². The first-order valence-electron chi connectivity index (χ1n) is 5.18. The zero-order chi connectivity index (χ0) is 12.0. The maximum atomic E-state index is 6.10. The summed E-state index contributed by atoms with van der Waals surface area (Å²) in [6.45, 7) is 0. The molecule has 0 bridgehead atoms. The van der Waals surface area contributed by atoms with Crippen molar-refractivity contribution in [2.24, 2.45) is 5.73 Å². The van der Waals surface area contributed by atoms with Crippen LogP contribution >= 0.6 is 11.8 Å². The second kappa shape index (κ2) is 6.66. The van der Waals surface area contributed by atoms with Crippen molar-refractivity contribution < 1.29 is 9.47 Å². The lowest BCUT2D eigenvalue weighted by Crippen LogP contribution is -2.11. The van der Waals surface area contributed by atoms with Gasteiger partial charge in [0.2, 0.25) is 0 Å². The Morgan fingerprint density at radius 3 is 2.19 bits per heavy atom. The Bertz CT molecular complexity index is 309. The Balaban J connectivity index is 2.85. The quantitative estimate of drug-likeness (QED) is 0.831. The van der Waals surface area contributed by atoms with Gasteiger partial charge in [0, 0.05) is 12.1 Å². The van der Waals surface area contributed by atoms with Gasteiger partial charge in [-0.05, 0) is 36.1 Å². The van der Waals surface area contributed by atoms with Crippen LogP contribution in [-0.4, -0.2) is 26.2 Å². The van der Waals surface area contributed by atoms with Crippen LogP contribution in [0.2, 0.25) is 0 Å². The number of methoxy groups -OCH3 is 2. The molecule has 1 atom stereocenters. The lowest BCUT2D eigenvalue weighted by Gasteiger charge is -2.14. The largest absolute Gasteiger partial charge is 0.497 e. The van der Waals surface area contributed by atoms with Crippen LogP contribution in [0.3, 0.4) is 0 Å². The van der Waals surface area contributed by atoms with Crippen molar-refractivity contribution >= 4 is 11.8 Å². The Hall–Kier alpha value is -0.870. The van der Waals surface area contributed by atoms with Crippen LogP contribution in [0.25, 0.3) is 0 Å². The fourth-order valence-electron chi connectivity index (χ4n) is 1.46. The molecule has 1 aromatic rings. The van der Waals surface area contributed by atoms with Gasteiger partial charge in [-0.2, -0.15) is 11.8 Å². The van der Waals surface area contributed by atoms with Crippen LogP contribution in [0, 0.1) is 0 Å². The van der Waals surface area contributed by atoms with Crippen molar-refractivity contribution in [1.82, 2.24) is 0 Å². The Morgan fingerprint density at radius 1 is 1.19 bits per heavy atom. The highest BCUT2D eigenvalue weighted by Gasteiger charge is 2.09. The molecule has 0 fully saturated rings. The van der Waals surface area contributed by atoms with Crippen LogP contribution in [0.1, 0.15) is 18.0 Å². The summed E-state index contributed by atoms with van der Waals surface area (Å²) >= 11 is 1.80. The number of hydrogen-bond acceptors (Lipinski definition) is 4. The molecular weight excluding hydrogens is 222 g/mol. The maximum Gasteiger partial charge on any atom is 0.122 e. The first kappa shape index (κ1) is 13.2. The molecule has 0 heterocycles. The molecule has 0 radical (unpaired) electrons. The van der Waals surface area contributed by atoms with Crippen LogP contribution in [-0.2, 0) is 0 Å². The Labute approximate surface area is 101 Å². The van der Waals surface area contributed by atoms with Gasteiger partial charge in [0.25, 0.3) is 0 Å². The van der Waals surface area contributed by atoms with Crippen molar-refractivity contribution in [3.05, 3.63) is 23.8 Å². The highest BCUT2D eigenvalue weighted by molar-refractivity contribution is 7.98. The SMILES string of the molecule is COc1cc(OC)cc(C(N)CCSC)c1. The molecule has 0 spiro atoms. The standard InChI is InChI=1S/C12H19NO2S/c1-14-10-6-9(7-11(8-10)15-2)12(13)4-5-16-3/h6-8,12H,4-5,13H2,1-3H3. The zero-order valence-corrected chi connectivity index (χ0v) is 10.8. The number of benzene rings is 1. The number of hydrogen-bond donors (Lipinski definition) is 1. The molecule has 4 heteroatoms. The lowest BCUT2D eigenvalue weighted by atomic mass is 10.0. The zero-order valence-electron chi connectivity index (χ0n) is 10.0. The van der Waals surface area contributed by atoms with Gasteiger partial charge in [0.15, 0.2) is 0 Å². The maximum absolute atomic E-state index is 6.10. The molecule has 0 aromatic heterocycles. The summed E-state index contributed by atoms with van der Waals surface area (Å²) in [4.78, 5) is 0. The predicted octanol–water partition coefficient (Wildman–Crippen LogP) is 2.46. The first-order valence-corrected chi connectivity index (χ1v) is 6.58. The monoisotopic (exact) mass is 241 g/mol. The van der Waals surface area contributed by atoms with Gasteiger partial charge >= 0.3 is 0 Å². The van der Waals surface area contributed by atoms with E-state index in [0.29, 0.717) is 0 Å². The predicted molar refractivity (Wildman–Crippen MR) is 69.5 cm³/mol. The smallest absolute Gasteiger partial charge is 0.122 e. The van der Waals surface area contributed by atoms with E-state index in [4.69, 9.17) is 15.2 Å². The van der Waals surface area contributed by atoms with Crippen molar-refractivity contribution in [2.45, 2.75) is 12.5 Å². The van der Waals surface area contributed by atoms with E-state index in [0.717, 1.165) is 29.2 Å². The molecule has 0 aliphatic heterocycles. The molecule has 2 N–H and O–H groups in total. The summed E-state index contributed by atoms with van der Waals surface area (Å²) in [7, 11) is 3.29. The topological polar surface area (TPSA) is 44.5 Å². The molecule has 1 unspecified atom stereocenters. The molecule has 0 aliphatic rings. The normalized spacial score (nSPS) is 12.2. The van der Waals surface area contributed by atoms with Crippen LogP contribution < -0.4 is 15.2 Å². The molecule has 16 heavy (non-hydrogen) atoms. The Kier molecular flexibility index (Phi) is 5.49. The van der Waals surface area contributed by atoms with Crippen molar-refractivity contribution in [1.29, 1.82) is 0 Å². The molecule has 0 amide bonds. The van der Waals surface area contributed by atoms with Gasteiger partial charge in [0.1, 0.15) is 11.5 Å². The van der Waals surface area contributed by atoms with E-state index < -0.39 is 0 Å². The third kappa shape index (κ3) is 3.61. The number of nitrogens with two attached hydrogens (primary N) is 1. The van der Waals surface area contributed by atoms with E-state index in [9.17, 15) is 0 Å². The lowest BCUT2D eigenvalue weighted by molar-refractivity contribution is 0.392. The van der Waals surface area contributed by atoms with E-state index >= 15 is 0 Å². The summed E-state index contributed by atoms with van der Waals surface area (Å²) in [5, 5.41) is 0. The fraction of sp³-hybridized carbons (Fsp3) is 0.500. The van der Waals surface area contributed by atoms with Crippen LogP contribution in [0.4, 0.5) is 0 Å². The minimum absolute atomic E-state index is 0.0384. The average Bonchev–Trinajstić information content (AvgIpc) is 2.35. The van der Waals surface area contributed by atoms with E-state index in [2.05, 4.69) is 6.26 Å². The molecule has 1 aromatic carbocycles. The summed E-state index contributed by atoms with van der Waals surface area (Å²) in [6, 6.07) is 5.82. The van der Waals surface area contributed by atoms with Gasteiger partial charge in [-0.25, -0.2) is 0 Å². The van der Waals surface area contributed by atoms with Gasteiger partial charge in [-0.15, -0.1) is 0 Å². The molecule has 90 valence electrons. The Morgan fingerprint density at radius 2 is 1.75 bits per heavy atom. The molecule has 0 saturated heterocycles. The number of rotatable bonds is 6. The molecular formula is C12H19NO2S. The molecule has 0 aliphatic carbocycles. The van der Waals surface area contributed by atoms with Crippen molar-refractivity contribution in [3.8, 4) is 11.5 Å². The molecule has 0 saturated carbocycles. The second-order valence-electron chi connectivity index (χ2n) is 3.53. The van der Waals surface area contributed by atoms with E-state index in [1.54, 1.807) is 26.0 Å². The summed E-state index contributed by atoms with van der Waals surface area (Å²) in [5.74, 6) is 2.63. The highest BCUT2D eigenvalue weighted by Crippen LogP contribution is 2.27. The van der Waals surface area contributed by atoms with E-state index in [-0.39, 0.29) is 6.04 Å². The fourth-order valence-corrected chi connectivity index (χ4v) is 1.94. The molecule has 1 rings (SSSR count). The summed E-state index contributed by atoms with van der Waals surface area (Å²) < 4.78 is 10.4. The molecule has 3 nitrogen and oxygen atoms in total. The first-order chi connectivity index (χ1) is 7.71. The number of ether oxygens (including phenoxy) is 2. The van der Waals surface area contributed by atoms with Gasteiger partial charge in [-0.3, -0.25) is 0 Å². The van der Waals surface area contributed by atoms with Gasteiger partial charge in [0.05, 0.1) is 14.2 Å². The van der Waals surface area contributed by atoms with E-state index in [1.807, 2.05) is 18.2 Å². The van der Waals surface area contributed by atoms with Crippen LogP contribution in [0.15, 0.2) is 18.2 Å². The van der Waals surface area contributed by atoms with Gasteiger partial charge in [-0.1, -0.05) is 0 Å². The van der Waals surface area contributed by atoms with Crippen molar-refractivity contribution in [3.63, 3.8) is 0 Å². The third-order valence-corrected chi connectivity index (χ3v) is 3.08. The highest BCUT2D eigenvalue weighted by atomic mass is 32.2. The van der Waals surface area contributed by atoms with E-state index in [1.165, 1.54) is 0 Å². The summed E-state index contributed by atoms with van der Waals surface area (Å²) in [5.41, 5.74) is 7.16. The third-order valence-electron chi connectivity index (χ3n) is 2.43. The number of thioether (sulfide) groups is 1.